The number of carbonyl (C=O) groups is 2. The van der Waals surface area contributed by atoms with Crippen molar-refractivity contribution < 1.29 is 9.59 Å². The molecule has 1 saturated heterocycles. The van der Waals surface area contributed by atoms with Gasteiger partial charge in [-0.05, 0) is 55.7 Å². The SMILES string of the molecule is CNC(=O)c1cnc(N2CCN(C3CCCCC3)CC2)c(NC(=O)c2[nH]c3cc(Cl)ccc3c2-c2c(-c3ccccc3)ncn2C(C)c2ccc(Cl)cc2Cl)c1. The predicted molar refractivity (Wildman–Crippen MR) is 226 cm³/mol. The van der Waals surface area contributed by atoms with E-state index in [1.165, 1.54) is 32.1 Å². The minimum absolute atomic E-state index is 0.297. The van der Waals surface area contributed by atoms with Crippen molar-refractivity contribution in [2.24, 2.45) is 0 Å². The Morgan fingerprint density at radius 1 is 0.857 bits per heavy atom. The molecular weight excluding hydrogens is 767 g/mol. The van der Waals surface area contributed by atoms with Gasteiger partial charge in [0.15, 0.2) is 5.82 Å². The molecule has 2 fully saturated rings. The topological polar surface area (TPSA) is 111 Å². The molecule has 1 unspecified atom stereocenters. The number of hydrogen-bond donors (Lipinski definition) is 3. The molecule has 56 heavy (non-hydrogen) atoms. The van der Waals surface area contributed by atoms with Crippen molar-refractivity contribution in [3.05, 3.63) is 117 Å². The Bertz CT molecular complexity index is 2400. The number of imidazole rings is 1. The van der Waals surface area contributed by atoms with Gasteiger partial charge in [-0.2, -0.15) is 0 Å². The number of fused-ring (bicyclic) bond motifs is 1. The number of aromatic amines is 1. The van der Waals surface area contributed by atoms with Crippen molar-refractivity contribution in [1.82, 2.24) is 29.7 Å². The van der Waals surface area contributed by atoms with Crippen LogP contribution in [0.15, 0.2) is 85.3 Å². The van der Waals surface area contributed by atoms with Crippen molar-refractivity contribution in [1.29, 1.82) is 0 Å². The lowest BCUT2D eigenvalue weighted by molar-refractivity contribution is 0.0961. The highest BCUT2D eigenvalue weighted by molar-refractivity contribution is 6.35. The normalized spacial score (nSPS) is 15.9. The second kappa shape index (κ2) is 16.3. The van der Waals surface area contributed by atoms with E-state index < -0.39 is 5.91 Å². The van der Waals surface area contributed by atoms with E-state index >= 15 is 0 Å². The minimum Gasteiger partial charge on any atom is -0.355 e. The first-order valence-corrected chi connectivity index (χ1v) is 20.2. The van der Waals surface area contributed by atoms with E-state index in [1.807, 2.05) is 72.2 Å². The zero-order valence-corrected chi connectivity index (χ0v) is 33.6. The smallest absolute Gasteiger partial charge is 0.272 e. The fourth-order valence-corrected chi connectivity index (χ4v) is 9.02. The van der Waals surface area contributed by atoms with Crippen LogP contribution in [0.4, 0.5) is 11.5 Å². The third-order valence-corrected chi connectivity index (χ3v) is 12.0. The maximum atomic E-state index is 14.9. The highest BCUT2D eigenvalue weighted by atomic mass is 35.5. The summed E-state index contributed by atoms with van der Waals surface area (Å²) in [6.45, 7) is 5.37. The van der Waals surface area contributed by atoms with E-state index in [0.29, 0.717) is 66.3 Å². The second-order valence-corrected chi connectivity index (χ2v) is 15.8. The third-order valence-electron chi connectivity index (χ3n) is 11.2. The highest BCUT2D eigenvalue weighted by Crippen LogP contribution is 2.42. The van der Waals surface area contributed by atoms with E-state index in [4.69, 9.17) is 44.8 Å². The van der Waals surface area contributed by atoms with Crippen LogP contribution in [0.2, 0.25) is 15.1 Å². The standard InChI is InChI=1S/C43H43Cl3N8O2/c1-26(32-15-13-29(44)22-34(32)46)54-25-49-38(27-9-5-3-6-10-27)40(54)37-33-16-14-30(45)23-35(33)50-39(37)43(56)51-36-21-28(42(55)47-2)24-48-41(36)53-19-17-52(18-20-53)31-11-7-4-8-12-31/h3,5-6,9-10,13-16,21-26,31,50H,4,7-8,11-12,17-20H2,1-2H3,(H,47,55)(H,51,56). The van der Waals surface area contributed by atoms with Crippen LogP contribution in [0.5, 0.6) is 0 Å². The summed E-state index contributed by atoms with van der Waals surface area (Å²) in [7, 11) is 1.58. The number of rotatable bonds is 9. The fraction of sp³-hybridized carbons (Fsp3) is 0.302. The summed E-state index contributed by atoms with van der Waals surface area (Å²) < 4.78 is 2.04. The average molecular weight is 810 g/mol. The molecule has 0 radical (unpaired) electrons. The molecule has 13 heteroatoms. The lowest BCUT2D eigenvalue weighted by Gasteiger charge is -2.41. The van der Waals surface area contributed by atoms with Gasteiger partial charge in [-0.3, -0.25) is 14.5 Å². The first-order valence-electron chi connectivity index (χ1n) is 19.1. The Hall–Kier alpha value is -4.87. The van der Waals surface area contributed by atoms with Gasteiger partial charge in [-0.1, -0.05) is 96.5 Å². The van der Waals surface area contributed by atoms with Crippen LogP contribution in [-0.2, 0) is 0 Å². The second-order valence-electron chi connectivity index (χ2n) is 14.6. The molecular formula is C43H43Cl3N8O2. The van der Waals surface area contributed by atoms with Gasteiger partial charge in [-0.15, -0.1) is 0 Å². The Balaban J connectivity index is 1.23. The molecule has 3 aromatic heterocycles. The Morgan fingerprint density at radius 3 is 2.32 bits per heavy atom. The molecule has 1 saturated carbocycles. The molecule has 1 atom stereocenters. The molecule has 2 amide bonds. The summed E-state index contributed by atoms with van der Waals surface area (Å²) in [6, 6.07) is 22.9. The predicted octanol–water partition coefficient (Wildman–Crippen LogP) is 9.73. The van der Waals surface area contributed by atoms with Gasteiger partial charge in [-0.25, -0.2) is 9.97 Å². The van der Waals surface area contributed by atoms with E-state index in [9.17, 15) is 9.59 Å². The minimum atomic E-state index is -0.408. The van der Waals surface area contributed by atoms with Gasteiger partial charge < -0.3 is 25.1 Å². The van der Waals surface area contributed by atoms with Crippen LogP contribution in [-0.4, -0.2) is 75.5 Å². The molecule has 10 nitrogen and oxygen atoms in total. The van der Waals surface area contributed by atoms with Crippen LogP contribution in [0.25, 0.3) is 33.4 Å². The number of nitrogens with one attached hydrogen (secondary N) is 3. The largest absolute Gasteiger partial charge is 0.355 e. The fourth-order valence-electron chi connectivity index (χ4n) is 8.29. The summed E-state index contributed by atoms with van der Waals surface area (Å²) in [5.74, 6) is -0.0842. The lowest BCUT2D eigenvalue weighted by atomic mass is 9.94. The number of amides is 2. The maximum absolute atomic E-state index is 14.9. The number of halogens is 3. The van der Waals surface area contributed by atoms with Gasteiger partial charge in [0.2, 0.25) is 0 Å². The zero-order chi connectivity index (χ0) is 38.9. The molecule has 4 heterocycles. The summed E-state index contributed by atoms with van der Waals surface area (Å²) in [5.41, 5.74) is 5.53. The van der Waals surface area contributed by atoms with Crippen molar-refractivity contribution in [2.75, 3.05) is 43.4 Å². The average Bonchev–Trinajstić information content (AvgIpc) is 3.82. The number of pyridine rings is 1. The maximum Gasteiger partial charge on any atom is 0.272 e. The van der Waals surface area contributed by atoms with Crippen molar-refractivity contribution >= 4 is 69.0 Å². The summed E-state index contributed by atoms with van der Waals surface area (Å²) >= 11 is 19.6. The molecule has 1 aliphatic carbocycles. The van der Waals surface area contributed by atoms with Crippen LogP contribution < -0.4 is 15.5 Å². The lowest BCUT2D eigenvalue weighted by Crippen LogP contribution is -2.51. The molecule has 3 N–H and O–H groups in total. The van der Waals surface area contributed by atoms with E-state index in [1.54, 1.807) is 31.7 Å². The first-order chi connectivity index (χ1) is 27.2. The molecule has 6 aromatic rings. The van der Waals surface area contributed by atoms with Gasteiger partial charge >= 0.3 is 0 Å². The highest BCUT2D eigenvalue weighted by Gasteiger charge is 2.31. The van der Waals surface area contributed by atoms with Crippen molar-refractivity contribution in [3.63, 3.8) is 0 Å². The van der Waals surface area contributed by atoms with Gasteiger partial charge in [0, 0.05) is 82.6 Å². The van der Waals surface area contributed by atoms with Crippen LogP contribution in [0.3, 0.4) is 0 Å². The van der Waals surface area contributed by atoms with Gasteiger partial charge in [0.25, 0.3) is 11.8 Å². The Labute approximate surface area is 341 Å². The van der Waals surface area contributed by atoms with Crippen LogP contribution in [0.1, 0.15) is 71.5 Å². The number of benzene rings is 3. The zero-order valence-electron chi connectivity index (χ0n) is 31.3. The number of carbonyl (C=O) groups excluding carboxylic acids is 2. The summed E-state index contributed by atoms with van der Waals surface area (Å²) in [6.07, 6.45) is 9.73. The Kier molecular flexibility index (Phi) is 11.1. The van der Waals surface area contributed by atoms with Crippen LogP contribution in [0, 0.1) is 0 Å². The van der Waals surface area contributed by atoms with Gasteiger partial charge in [0.05, 0.1) is 35.0 Å². The number of piperazine rings is 1. The third kappa shape index (κ3) is 7.51. The monoisotopic (exact) mass is 808 g/mol. The first kappa shape index (κ1) is 38.0. The van der Waals surface area contributed by atoms with E-state index in [2.05, 4.69) is 25.4 Å². The number of aromatic nitrogens is 4. The Morgan fingerprint density at radius 2 is 1.59 bits per heavy atom. The number of hydrogen-bond acceptors (Lipinski definition) is 6. The molecule has 1 aliphatic heterocycles. The van der Waals surface area contributed by atoms with Gasteiger partial charge in [0.1, 0.15) is 5.69 Å². The quantitative estimate of drug-likeness (QED) is 0.134. The van der Waals surface area contributed by atoms with Crippen molar-refractivity contribution in [3.8, 4) is 22.5 Å². The molecule has 3 aromatic carbocycles. The summed E-state index contributed by atoms with van der Waals surface area (Å²) in [5, 5.41) is 8.23. The number of anilines is 2. The number of nitrogens with zero attached hydrogens (tertiary/aromatic N) is 5. The summed E-state index contributed by atoms with van der Waals surface area (Å²) in [4.78, 5) is 45.8. The molecule has 2 aliphatic rings. The van der Waals surface area contributed by atoms with Crippen molar-refractivity contribution in [2.45, 2.75) is 51.1 Å². The molecule has 288 valence electrons. The van der Waals surface area contributed by atoms with Crippen LogP contribution >= 0.6 is 34.8 Å². The molecule has 8 rings (SSSR count). The molecule has 0 spiro atoms. The molecule has 0 bridgehead atoms. The number of H-pyrrole nitrogens is 1. The van der Waals surface area contributed by atoms with E-state index in [0.717, 1.165) is 42.7 Å². The van der Waals surface area contributed by atoms with E-state index in [-0.39, 0.29) is 11.9 Å².